The highest BCUT2D eigenvalue weighted by molar-refractivity contribution is 5.84. The smallest absolute Gasteiger partial charge is 0.240 e. The van der Waals surface area contributed by atoms with Crippen molar-refractivity contribution in [2.75, 3.05) is 7.05 Å². The Kier molecular flexibility index (Phi) is 3.59. The number of rotatable bonds is 3. The number of carbonyl (C=O) groups is 1. The standard InChI is InChI=1S/C8H14N2O/c1-4-8(5-2,6-9)7(11)10-3/h4-5H2,1-3H3,(H,10,11). The maximum Gasteiger partial charge on any atom is 0.240 e. The van der Waals surface area contributed by atoms with Crippen LogP contribution in [0.5, 0.6) is 0 Å². The number of amides is 1. The van der Waals surface area contributed by atoms with Gasteiger partial charge in [-0.3, -0.25) is 4.79 Å². The Hall–Kier alpha value is -1.04. The van der Waals surface area contributed by atoms with Gasteiger partial charge in [-0.1, -0.05) is 13.8 Å². The molecule has 1 N–H and O–H groups in total. The lowest BCUT2D eigenvalue weighted by Crippen LogP contribution is -2.37. The van der Waals surface area contributed by atoms with Crippen LogP contribution >= 0.6 is 0 Å². The third-order valence-electron chi connectivity index (χ3n) is 2.08. The van der Waals surface area contributed by atoms with E-state index in [0.717, 1.165) is 0 Å². The lowest BCUT2D eigenvalue weighted by atomic mass is 9.83. The van der Waals surface area contributed by atoms with E-state index in [2.05, 4.69) is 11.4 Å². The summed E-state index contributed by atoms with van der Waals surface area (Å²) in [4.78, 5) is 11.2. The first kappa shape index (κ1) is 9.96. The van der Waals surface area contributed by atoms with E-state index >= 15 is 0 Å². The SMILES string of the molecule is CCC(C#N)(CC)C(=O)NC. The number of nitrogens with zero attached hydrogens (tertiary/aromatic N) is 1. The molecule has 3 nitrogen and oxygen atoms in total. The average Bonchev–Trinajstić information content (AvgIpc) is 2.08. The van der Waals surface area contributed by atoms with Crippen molar-refractivity contribution in [3.8, 4) is 6.07 Å². The molecule has 0 bridgehead atoms. The Balaban J connectivity index is 4.57. The van der Waals surface area contributed by atoms with E-state index in [1.807, 2.05) is 13.8 Å². The van der Waals surface area contributed by atoms with Gasteiger partial charge >= 0.3 is 0 Å². The molecular weight excluding hydrogens is 140 g/mol. The molecule has 0 aromatic rings. The van der Waals surface area contributed by atoms with Crippen LogP contribution in [0.2, 0.25) is 0 Å². The Bertz CT molecular complexity index is 177. The third-order valence-corrected chi connectivity index (χ3v) is 2.08. The van der Waals surface area contributed by atoms with Crippen molar-refractivity contribution in [1.82, 2.24) is 5.32 Å². The van der Waals surface area contributed by atoms with Crippen molar-refractivity contribution in [1.29, 1.82) is 5.26 Å². The summed E-state index contributed by atoms with van der Waals surface area (Å²) in [6, 6.07) is 2.05. The van der Waals surface area contributed by atoms with Crippen LogP contribution in [0.15, 0.2) is 0 Å². The van der Waals surface area contributed by atoms with Crippen molar-refractivity contribution in [2.24, 2.45) is 5.41 Å². The summed E-state index contributed by atoms with van der Waals surface area (Å²) >= 11 is 0. The van der Waals surface area contributed by atoms with Crippen LogP contribution in [0.3, 0.4) is 0 Å². The van der Waals surface area contributed by atoms with Gasteiger partial charge in [0.05, 0.1) is 6.07 Å². The molecule has 0 unspecified atom stereocenters. The molecule has 0 rings (SSSR count). The third kappa shape index (κ3) is 1.70. The molecule has 3 heteroatoms. The minimum Gasteiger partial charge on any atom is -0.358 e. The van der Waals surface area contributed by atoms with Gasteiger partial charge in [-0.2, -0.15) is 5.26 Å². The molecule has 0 atom stereocenters. The van der Waals surface area contributed by atoms with Crippen LogP contribution in [-0.4, -0.2) is 13.0 Å². The number of hydrogen-bond donors (Lipinski definition) is 1. The molecule has 0 saturated heterocycles. The number of carbonyl (C=O) groups excluding carboxylic acids is 1. The van der Waals surface area contributed by atoms with Crippen molar-refractivity contribution in [3.63, 3.8) is 0 Å². The first-order chi connectivity index (χ1) is 5.16. The minimum absolute atomic E-state index is 0.176. The van der Waals surface area contributed by atoms with Crippen molar-refractivity contribution in [2.45, 2.75) is 26.7 Å². The van der Waals surface area contributed by atoms with Gasteiger partial charge in [0.15, 0.2) is 0 Å². The summed E-state index contributed by atoms with van der Waals surface area (Å²) in [7, 11) is 1.56. The molecular formula is C8H14N2O. The van der Waals surface area contributed by atoms with E-state index in [1.54, 1.807) is 7.05 Å². The molecule has 0 aromatic carbocycles. The van der Waals surface area contributed by atoms with E-state index in [4.69, 9.17) is 5.26 Å². The van der Waals surface area contributed by atoms with Crippen molar-refractivity contribution in [3.05, 3.63) is 0 Å². The summed E-state index contributed by atoms with van der Waals surface area (Å²) in [6.45, 7) is 3.70. The summed E-state index contributed by atoms with van der Waals surface area (Å²) in [5, 5.41) is 11.3. The van der Waals surface area contributed by atoms with E-state index in [1.165, 1.54) is 0 Å². The molecule has 0 heterocycles. The second-order valence-electron chi connectivity index (χ2n) is 2.48. The quantitative estimate of drug-likeness (QED) is 0.660. The summed E-state index contributed by atoms with van der Waals surface area (Å²) in [5.74, 6) is -0.176. The Labute approximate surface area is 67.4 Å². The van der Waals surface area contributed by atoms with Crippen molar-refractivity contribution >= 4 is 5.91 Å². The van der Waals surface area contributed by atoms with E-state index in [0.29, 0.717) is 12.8 Å². The number of nitrogens with one attached hydrogen (secondary N) is 1. The zero-order valence-electron chi connectivity index (χ0n) is 7.27. The fourth-order valence-electron chi connectivity index (χ4n) is 1.02. The molecule has 0 aliphatic heterocycles. The second kappa shape index (κ2) is 3.97. The fourth-order valence-corrected chi connectivity index (χ4v) is 1.02. The van der Waals surface area contributed by atoms with Gasteiger partial charge in [0, 0.05) is 7.05 Å². The molecule has 0 saturated carbocycles. The molecule has 11 heavy (non-hydrogen) atoms. The number of nitriles is 1. The highest BCUT2D eigenvalue weighted by Crippen LogP contribution is 2.24. The summed E-state index contributed by atoms with van der Waals surface area (Å²) in [5.41, 5.74) is -0.811. The number of hydrogen-bond acceptors (Lipinski definition) is 2. The van der Waals surface area contributed by atoms with Gasteiger partial charge in [0.25, 0.3) is 0 Å². The van der Waals surface area contributed by atoms with E-state index in [9.17, 15) is 4.79 Å². The largest absolute Gasteiger partial charge is 0.358 e. The Morgan fingerprint density at radius 3 is 2.09 bits per heavy atom. The minimum atomic E-state index is -0.811. The molecule has 0 aromatic heterocycles. The Morgan fingerprint density at radius 1 is 1.55 bits per heavy atom. The lowest BCUT2D eigenvalue weighted by Gasteiger charge is -2.20. The Morgan fingerprint density at radius 2 is 2.00 bits per heavy atom. The first-order valence-corrected chi connectivity index (χ1v) is 3.80. The zero-order chi connectivity index (χ0) is 8.91. The second-order valence-corrected chi connectivity index (χ2v) is 2.48. The fraction of sp³-hybridized carbons (Fsp3) is 0.750. The van der Waals surface area contributed by atoms with Gasteiger partial charge < -0.3 is 5.32 Å². The van der Waals surface area contributed by atoms with E-state index in [-0.39, 0.29) is 5.91 Å². The van der Waals surface area contributed by atoms with Gasteiger partial charge in [-0.25, -0.2) is 0 Å². The molecule has 1 amide bonds. The zero-order valence-corrected chi connectivity index (χ0v) is 7.27. The molecule has 0 fully saturated rings. The molecule has 0 aliphatic rings. The van der Waals surface area contributed by atoms with E-state index < -0.39 is 5.41 Å². The molecule has 0 radical (unpaired) electrons. The summed E-state index contributed by atoms with van der Waals surface area (Å²) in [6.07, 6.45) is 1.14. The maximum atomic E-state index is 11.2. The molecule has 0 spiro atoms. The normalized spacial score (nSPS) is 10.4. The van der Waals surface area contributed by atoms with Crippen LogP contribution in [0.1, 0.15) is 26.7 Å². The highest BCUT2D eigenvalue weighted by atomic mass is 16.2. The van der Waals surface area contributed by atoms with Gasteiger partial charge in [0.2, 0.25) is 5.91 Å². The van der Waals surface area contributed by atoms with Gasteiger partial charge in [-0.15, -0.1) is 0 Å². The maximum absolute atomic E-state index is 11.2. The monoisotopic (exact) mass is 154 g/mol. The van der Waals surface area contributed by atoms with Crippen LogP contribution in [-0.2, 0) is 4.79 Å². The first-order valence-electron chi connectivity index (χ1n) is 3.80. The summed E-state index contributed by atoms with van der Waals surface area (Å²) < 4.78 is 0. The van der Waals surface area contributed by atoms with Crippen LogP contribution in [0.25, 0.3) is 0 Å². The molecule has 0 aliphatic carbocycles. The van der Waals surface area contributed by atoms with Gasteiger partial charge in [-0.05, 0) is 12.8 Å². The topological polar surface area (TPSA) is 52.9 Å². The molecule has 62 valence electrons. The highest BCUT2D eigenvalue weighted by Gasteiger charge is 2.33. The predicted molar refractivity (Wildman–Crippen MR) is 42.7 cm³/mol. The van der Waals surface area contributed by atoms with Crippen LogP contribution in [0.4, 0.5) is 0 Å². The predicted octanol–water partition coefficient (Wildman–Crippen LogP) is 1.06. The van der Waals surface area contributed by atoms with Crippen molar-refractivity contribution < 1.29 is 4.79 Å². The lowest BCUT2D eigenvalue weighted by molar-refractivity contribution is -0.127. The van der Waals surface area contributed by atoms with Crippen LogP contribution < -0.4 is 5.32 Å². The average molecular weight is 154 g/mol. The van der Waals surface area contributed by atoms with Crippen LogP contribution in [0, 0.1) is 16.7 Å². The van der Waals surface area contributed by atoms with Gasteiger partial charge in [0.1, 0.15) is 5.41 Å².